The quantitative estimate of drug-likeness (QED) is 0.124. The maximum atomic E-state index is 3.69. The van der Waals surface area contributed by atoms with Crippen LogP contribution in [0.1, 0.15) is 11.1 Å². The van der Waals surface area contributed by atoms with Gasteiger partial charge >= 0.3 is 0 Å². The Kier molecular flexibility index (Phi) is 8.08. The van der Waals surface area contributed by atoms with Gasteiger partial charge in [0.25, 0.3) is 0 Å². The minimum atomic E-state index is 0.810. The van der Waals surface area contributed by atoms with Crippen LogP contribution in [0.15, 0.2) is 211 Å². The Bertz CT molecular complexity index is 3220. The summed E-state index contributed by atoms with van der Waals surface area (Å²) in [5, 5.41) is 9.89. The van der Waals surface area contributed by atoms with Crippen LogP contribution in [-0.4, -0.2) is 5.71 Å². The number of halogens is 1. The van der Waals surface area contributed by atoms with Crippen LogP contribution in [-0.2, 0) is 6.42 Å². The van der Waals surface area contributed by atoms with Crippen molar-refractivity contribution in [2.45, 2.75) is 6.42 Å². The van der Waals surface area contributed by atoms with Crippen LogP contribution in [0.2, 0.25) is 0 Å². The normalized spacial score (nSPS) is 13.1. The van der Waals surface area contributed by atoms with Gasteiger partial charge in [0.05, 0.1) is 23.1 Å². The van der Waals surface area contributed by atoms with Crippen molar-refractivity contribution < 1.29 is 0 Å². The van der Waals surface area contributed by atoms with Gasteiger partial charge in [-0.3, -0.25) is 0 Å². The van der Waals surface area contributed by atoms with Crippen LogP contribution in [0.5, 0.6) is 0 Å². The van der Waals surface area contributed by atoms with E-state index >= 15 is 0 Å². The third-order valence-electron chi connectivity index (χ3n) is 11.6. The summed E-state index contributed by atoms with van der Waals surface area (Å²) in [4.78, 5) is 2.40. The van der Waals surface area contributed by atoms with Crippen molar-refractivity contribution in [1.29, 1.82) is 0 Å². The zero-order chi connectivity index (χ0) is 37.9. The minimum Gasteiger partial charge on any atom is -0.310 e. The molecule has 1 aliphatic carbocycles. The van der Waals surface area contributed by atoms with Crippen molar-refractivity contribution >= 4 is 93.2 Å². The number of hydrogen-bond donors (Lipinski definition) is 0. The molecular weight excluding hydrogens is 757 g/mol. The SMILES string of the molecule is Brc1ccc(N(c2ccc([N+](=C3Cc4ccccc4-c4ccccc43)c3cc4ccccc4c4ccccc34)cc2)c2cc3ccccc3c3ccccc23)cc1. The molecular formula is C54H36BrN2+. The molecule has 11 rings (SSSR count). The number of nitrogens with zero attached hydrogens (tertiary/aromatic N) is 2. The summed E-state index contributed by atoms with van der Waals surface area (Å²) in [6.07, 6.45) is 0.810. The molecule has 3 heteroatoms. The number of benzene rings is 10. The molecule has 0 aliphatic heterocycles. The first-order valence-corrected chi connectivity index (χ1v) is 20.3. The number of rotatable bonds is 5. The van der Waals surface area contributed by atoms with E-state index in [0.717, 1.165) is 33.6 Å². The minimum absolute atomic E-state index is 0.810. The Morgan fingerprint density at radius 3 is 1.58 bits per heavy atom. The summed E-state index contributed by atoms with van der Waals surface area (Å²) < 4.78 is 3.58. The second kappa shape index (κ2) is 13.7. The molecule has 0 atom stereocenters. The van der Waals surface area contributed by atoms with Gasteiger partial charge in [-0.05, 0) is 104 Å². The maximum absolute atomic E-state index is 3.69. The summed E-state index contributed by atoms with van der Waals surface area (Å²) in [5.41, 5.74) is 12.0. The highest BCUT2D eigenvalue weighted by atomic mass is 79.9. The lowest BCUT2D eigenvalue weighted by molar-refractivity contribution is 1.06. The zero-order valence-electron chi connectivity index (χ0n) is 31.1. The van der Waals surface area contributed by atoms with E-state index in [1.807, 2.05) is 0 Å². The second-order valence-electron chi connectivity index (χ2n) is 14.8. The van der Waals surface area contributed by atoms with Crippen LogP contribution in [0, 0.1) is 0 Å². The molecule has 0 saturated heterocycles. The Hall–Kier alpha value is -6.81. The summed E-state index contributed by atoms with van der Waals surface area (Å²) >= 11 is 3.69. The predicted molar refractivity (Wildman–Crippen MR) is 246 cm³/mol. The Morgan fingerprint density at radius 2 is 0.895 bits per heavy atom. The fourth-order valence-electron chi connectivity index (χ4n) is 9.03. The average Bonchev–Trinajstić information content (AvgIpc) is 3.28. The van der Waals surface area contributed by atoms with Crippen molar-refractivity contribution in [2.24, 2.45) is 0 Å². The lowest BCUT2D eigenvalue weighted by Crippen LogP contribution is -2.25. The molecule has 57 heavy (non-hydrogen) atoms. The Morgan fingerprint density at radius 1 is 0.404 bits per heavy atom. The van der Waals surface area contributed by atoms with Crippen LogP contribution >= 0.6 is 15.9 Å². The van der Waals surface area contributed by atoms with E-state index in [9.17, 15) is 0 Å². The van der Waals surface area contributed by atoms with E-state index in [0.29, 0.717) is 0 Å². The number of anilines is 3. The molecule has 268 valence electrons. The Labute approximate surface area is 340 Å². The highest BCUT2D eigenvalue weighted by Crippen LogP contribution is 2.44. The lowest BCUT2D eigenvalue weighted by Gasteiger charge is -2.28. The molecule has 0 heterocycles. The molecule has 0 fully saturated rings. The van der Waals surface area contributed by atoms with Crippen molar-refractivity contribution in [3.05, 3.63) is 222 Å². The zero-order valence-corrected chi connectivity index (χ0v) is 32.7. The van der Waals surface area contributed by atoms with Gasteiger partial charge in [-0.15, -0.1) is 0 Å². The molecule has 10 aromatic carbocycles. The van der Waals surface area contributed by atoms with E-state index in [1.54, 1.807) is 0 Å². The van der Waals surface area contributed by atoms with E-state index in [4.69, 9.17) is 0 Å². The first-order valence-electron chi connectivity index (χ1n) is 19.5. The first-order chi connectivity index (χ1) is 28.2. The lowest BCUT2D eigenvalue weighted by atomic mass is 9.84. The van der Waals surface area contributed by atoms with E-state index in [1.165, 1.54) is 76.7 Å². The summed E-state index contributed by atoms with van der Waals surface area (Å²) in [6.45, 7) is 0. The predicted octanol–water partition coefficient (Wildman–Crippen LogP) is 15.1. The van der Waals surface area contributed by atoms with Gasteiger partial charge in [0, 0.05) is 39.4 Å². The van der Waals surface area contributed by atoms with Gasteiger partial charge in [0.2, 0.25) is 11.4 Å². The number of hydrogen-bond acceptors (Lipinski definition) is 1. The van der Waals surface area contributed by atoms with Crippen molar-refractivity contribution in [2.75, 3.05) is 4.90 Å². The molecule has 0 N–H and O–H groups in total. The van der Waals surface area contributed by atoms with Gasteiger partial charge in [-0.2, -0.15) is 4.58 Å². The van der Waals surface area contributed by atoms with E-state index < -0.39 is 0 Å². The van der Waals surface area contributed by atoms with Gasteiger partial charge < -0.3 is 4.90 Å². The van der Waals surface area contributed by atoms with Crippen LogP contribution in [0.4, 0.5) is 28.4 Å². The molecule has 2 nitrogen and oxygen atoms in total. The second-order valence-corrected chi connectivity index (χ2v) is 15.7. The smallest absolute Gasteiger partial charge is 0.219 e. The van der Waals surface area contributed by atoms with Crippen LogP contribution in [0.25, 0.3) is 54.2 Å². The van der Waals surface area contributed by atoms with E-state index in [-0.39, 0.29) is 0 Å². The fourth-order valence-corrected chi connectivity index (χ4v) is 9.29. The molecule has 1 aliphatic rings. The standard InChI is InChI=1S/C54H36BrN2/c55-39-25-27-40(28-26-39)56(52-33-36-13-1-4-16-43(36)46-19-7-10-22-49(46)52)41-29-31-42(32-30-41)57(53-34-37-14-2-5-17-44(37)47-20-8-11-23-50(47)53)54-35-38-15-3-6-18-45(38)48-21-9-12-24-51(48)54/h1-34H,35H2/q+1. The highest BCUT2D eigenvalue weighted by Gasteiger charge is 2.32. The first kappa shape index (κ1) is 33.5. The number of fused-ring (bicyclic) bond motifs is 9. The van der Waals surface area contributed by atoms with Crippen molar-refractivity contribution in [1.82, 2.24) is 4.58 Å². The van der Waals surface area contributed by atoms with Crippen LogP contribution in [0.3, 0.4) is 0 Å². The third-order valence-corrected chi connectivity index (χ3v) is 12.1. The largest absolute Gasteiger partial charge is 0.310 e. The average molecular weight is 793 g/mol. The highest BCUT2D eigenvalue weighted by molar-refractivity contribution is 9.10. The molecule has 0 spiro atoms. The van der Waals surface area contributed by atoms with Crippen molar-refractivity contribution in [3.63, 3.8) is 0 Å². The van der Waals surface area contributed by atoms with Gasteiger partial charge in [0.1, 0.15) is 0 Å². The molecule has 0 amide bonds. The summed E-state index contributed by atoms with van der Waals surface area (Å²) in [6, 6.07) is 75.5. The third kappa shape index (κ3) is 5.65. The van der Waals surface area contributed by atoms with Crippen LogP contribution < -0.4 is 9.48 Å². The summed E-state index contributed by atoms with van der Waals surface area (Å²) in [7, 11) is 0. The van der Waals surface area contributed by atoms with E-state index in [2.05, 4.69) is 232 Å². The molecule has 10 aromatic rings. The molecule has 0 radical (unpaired) electrons. The molecule has 0 aromatic heterocycles. The van der Waals surface area contributed by atoms with Gasteiger partial charge in [0.15, 0.2) is 5.71 Å². The molecule has 0 unspecified atom stereocenters. The molecule has 0 saturated carbocycles. The van der Waals surface area contributed by atoms with Crippen molar-refractivity contribution in [3.8, 4) is 11.1 Å². The summed E-state index contributed by atoms with van der Waals surface area (Å²) in [5.74, 6) is 0. The Balaban J connectivity index is 1.17. The van der Waals surface area contributed by atoms with Gasteiger partial charge in [-0.25, -0.2) is 0 Å². The fraction of sp³-hybridized carbons (Fsp3) is 0.0185. The topological polar surface area (TPSA) is 6.25 Å². The molecule has 0 bridgehead atoms. The maximum Gasteiger partial charge on any atom is 0.219 e. The van der Waals surface area contributed by atoms with Gasteiger partial charge in [-0.1, -0.05) is 149 Å². The monoisotopic (exact) mass is 791 g/mol.